The highest BCUT2D eigenvalue weighted by molar-refractivity contribution is 5.89. The number of carbonyl (C=O) groups is 1. The third-order valence-electron chi connectivity index (χ3n) is 5.87. The average Bonchev–Trinajstić information content (AvgIpc) is 3.29. The molecule has 0 aliphatic carbocycles. The number of likely N-dealkylation sites (tertiary alicyclic amines) is 1. The van der Waals surface area contributed by atoms with Crippen molar-refractivity contribution >= 4 is 11.7 Å². The number of anilines is 1. The van der Waals surface area contributed by atoms with Gasteiger partial charge in [-0.05, 0) is 61.9 Å². The van der Waals surface area contributed by atoms with E-state index < -0.39 is 0 Å². The van der Waals surface area contributed by atoms with Gasteiger partial charge in [0.1, 0.15) is 6.04 Å². The first-order valence-electron chi connectivity index (χ1n) is 11.2. The normalized spacial score (nSPS) is 16.2. The number of benzene rings is 2. The quantitative estimate of drug-likeness (QED) is 0.517. The molecule has 0 saturated carbocycles. The molecule has 0 radical (unpaired) electrons. The smallest absolute Gasteiger partial charge is 0.322 e. The number of urea groups is 1. The van der Waals surface area contributed by atoms with Gasteiger partial charge in [0.25, 0.3) is 0 Å². The molecule has 1 saturated heterocycles. The van der Waals surface area contributed by atoms with Gasteiger partial charge in [0.2, 0.25) is 5.89 Å². The van der Waals surface area contributed by atoms with Crippen molar-refractivity contribution < 1.29 is 14.1 Å². The summed E-state index contributed by atoms with van der Waals surface area (Å²) >= 11 is 0. The lowest BCUT2D eigenvalue weighted by Gasteiger charge is -2.33. The number of aromatic nitrogens is 2. The Labute approximate surface area is 188 Å². The summed E-state index contributed by atoms with van der Waals surface area (Å²) in [7, 11) is 0. The maximum atomic E-state index is 13.0. The Morgan fingerprint density at radius 2 is 2.00 bits per heavy atom. The number of rotatable bonds is 7. The molecule has 32 heavy (non-hydrogen) atoms. The van der Waals surface area contributed by atoms with Gasteiger partial charge in [-0.1, -0.05) is 41.6 Å². The molecule has 3 aromatic rings. The van der Waals surface area contributed by atoms with E-state index in [1.807, 2.05) is 60.4 Å². The van der Waals surface area contributed by atoms with E-state index in [1.54, 1.807) is 0 Å². The van der Waals surface area contributed by atoms with E-state index >= 15 is 0 Å². The van der Waals surface area contributed by atoms with Crippen molar-refractivity contribution in [2.24, 2.45) is 0 Å². The van der Waals surface area contributed by atoms with E-state index in [9.17, 15) is 4.79 Å². The molecule has 1 unspecified atom stereocenters. The summed E-state index contributed by atoms with van der Waals surface area (Å²) < 4.78 is 11.3. The van der Waals surface area contributed by atoms with Crippen LogP contribution >= 0.6 is 0 Å². The average molecular weight is 435 g/mol. The minimum Gasteiger partial charge on any atom is -0.376 e. The van der Waals surface area contributed by atoms with Crippen LogP contribution in [0.4, 0.5) is 10.5 Å². The van der Waals surface area contributed by atoms with Crippen molar-refractivity contribution in [3.63, 3.8) is 0 Å². The molecule has 1 fully saturated rings. The van der Waals surface area contributed by atoms with Crippen LogP contribution in [0.15, 0.2) is 53.1 Å². The number of carbonyl (C=O) groups excluding carboxylic acids is 1. The van der Waals surface area contributed by atoms with Crippen LogP contribution < -0.4 is 5.32 Å². The number of hydrogen-bond donors (Lipinski definition) is 1. The van der Waals surface area contributed by atoms with E-state index in [2.05, 4.69) is 22.4 Å². The van der Waals surface area contributed by atoms with Crippen molar-refractivity contribution in [1.82, 2.24) is 15.0 Å². The van der Waals surface area contributed by atoms with Crippen molar-refractivity contribution in [2.75, 3.05) is 18.5 Å². The highest BCUT2D eigenvalue weighted by Gasteiger charge is 2.32. The summed E-state index contributed by atoms with van der Waals surface area (Å²) in [6, 6.07) is 15.6. The van der Waals surface area contributed by atoms with Gasteiger partial charge in [-0.2, -0.15) is 4.98 Å². The minimum absolute atomic E-state index is 0.135. The second kappa shape index (κ2) is 10.4. The van der Waals surface area contributed by atoms with Gasteiger partial charge in [-0.3, -0.25) is 0 Å². The van der Waals surface area contributed by atoms with E-state index in [4.69, 9.17) is 9.26 Å². The lowest BCUT2D eigenvalue weighted by molar-refractivity contribution is 0.122. The molecule has 1 aliphatic heterocycles. The molecule has 0 spiro atoms. The summed E-state index contributed by atoms with van der Waals surface area (Å²) in [5.41, 5.74) is 4.28. The number of amides is 2. The summed E-state index contributed by atoms with van der Waals surface area (Å²) in [6.45, 7) is 5.83. The summed E-state index contributed by atoms with van der Waals surface area (Å²) in [5.74, 6) is 1.10. The Hall–Kier alpha value is -3.19. The van der Waals surface area contributed by atoms with Crippen LogP contribution in [0.5, 0.6) is 0 Å². The first-order valence-corrected chi connectivity index (χ1v) is 11.2. The molecule has 168 valence electrons. The molecule has 0 bridgehead atoms. The molecule has 1 N–H and O–H groups in total. The van der Waals surface area contributed by atoms with Crippen LogP contribution in [0, 0.1) is 13.8 Å². The highest BCUT2D eigenvalue weighted by atomic mass is 16.5. The first-order chi connectivity index (χ1) is 15.6. The van der Waals surface area contributed by atoms with Crippen LogP contribution in [-0.4, -0.2) is 34.2 Å². The second-order valence-corrected chi connectivity index (χ2v) is 8.27. The first kappa shape index (κ1) is 22.0. The Bertz CT molecular complexity index is 1030. The van der Waals surface area contributed by atoms with Crippen LogP contribution in [0.2, 0.25) is 0 Å². The SMILES string of the molecule is Cc1ccc(NC(=O)N2CCCCC2c2nc(CCOCc3ccccc3)no2)cc1C. The molecule has 2 aromatic carbocycles. The number of ether oxygens (including phenoxy) is 1. The monoisotopic (exact) mass is 434 g/mol. The van der Waals surface area contributed by atoms with Crippen molar-refractivity contribution in [1.29, 1.82) is 0 Å². The molecule has 2 amide bonds. The number of hydrogen-bond acceptors (Lipinski definition) is 5. The van der Waals surface area contributed by atoms with Crippen molar-refractivity contribution in [3.8, 4) is 0 Å². The number of piperidine rings is 1. The third kappa shape index (κ3) is 5.53. The van der Waals surface area contributed by atoms with Crippen molar-refractivity contribution in [3.05, 3.63) is 76.9 Å². The molecule has 1 aromatic heterocycles. The van der Waals surface area contributed by atoms with E-state index in [0.717, 1.165) is 36.1 Å². The van der Waals surface area contributed by atoms with Gasteiger partial charge in [0, 0.05) is 18.7 Å². The van der Waals surface area contributed by atoms with Crippen LogP contribution in [0.1, 0.15) is 53.7 Å². The zero-order valence-corrected chi connectivity index (χ0v) is 18.7. The molecular weight excluding hydrogens is 404 g/mol. The second-order valence-electron chi connectivity index (χ2n) is 8.27. The maximum Gasteiger partial charge on any atom is 0.322 e. The van der Waals surface area contributed by atoms with E-state index in [0.29, 0.717) is 37.9 Å². The minimum atomic E-state index is -0.207. The Balaban J connectivity index is 1.34. The molecule has 2 heterocycles. The summed E-state index contributed by atoms with van der Waals surface area (Å²) in [5, 5.41) is 7.13. The molecule has 7 heteroatoms. The summed E-state index contributed by atoms with van der Waals surface area (Å²) in [6.07, 6.45) is 3.37. The van der Waals surface area contributed by atoms with Gasteiger partial charge in [0.15, 0.2) is 5.82 Å². The summed E-state index contributed by atoms with van der Waals surface area (Å²) in [4.78, 5) is 19.4. The zero-order valence-electron chi connectivity index (χ0n) is 18.7. The molecular formula is C25H30N4O3. The van der Waals surface area contributed by atoms with Gasteiger partial charge in [0.05, 0.1) is 13.2 Å². The van der Waals surface area contributed by atoms with Gasteiger partial charge >= 0.3 is 6.03 Å². The predicted molar refractivity (Wildman–Crippen MR) is 122 cm³/mol. The molecule has 1 atom stereocenters. The number of nitrogens with zero attached hydrogens (tertiary/aromatic N) is 3. The molecule has 7 nitrogen and oxygen atoms in total. The fourth-order valence-electron chi connectivity index (χ4n) is 3.88. The Morgan fingerprint density at radius 3 is 2.81 bits per heavy atom. The van der Waals surface area contributed by atoms with E-state index in [-0.39, 0.29) is 12.1 Å². The van der Waals surface area contributed by atoms with Crippen LogP contribution in [0.25, 0.3) is 0 Å². The fourth-order valence-corrected chi connectivity index (χ4v) is 3.88. The lowest BCUT2D eigenvalue weighted by Crippen LogP contribution is -2.41. The van der Waals surface area contributed by atoms with Gasteiger partial charge in [-0.25, -0.2) is 4.79 Å². The standard InChI is InChI=1S/C25H30N4O3/c1-18-11-12-21(16-19(18)2)26-25(30)29-14-7-6-10-22(29)24-27-23(28-32-24)13-15-31-17-20-8-4-3-5-9-20/h3-5,8-9,11-12,16,22H,6-7,10,13-15,17H2,1-2H3,(H,26,30). The third-order valence-corrected chi connectivity index (χ3v) is 5.87. The van der Waals surface area contributed by atoms with Gasteiger partial charge < -0.3 is 19.5 Å². The zero-order chi connectivity index (χ0) is 22.3. The Morgan fingerprint density at radius 1 is 1.16 bits per heavy atom. The molecule has 4 rings (SSSR count). The number of aryl methyl sites for hydroxylation is 2. The van der Waals surface area contributed by atoms with Crippen molar-refractivity contribution in [2.45, 2.75) is 52.2 Å². The number of nitrogens with one attached hydrogen (secondary N) is 1. The topological polar surface area (TPSA) is 80.5 Å². The van der Waals surface area contributed by atoms with Crippen LogP contribution in [0.3, 0.4) is 0 Å². The van der Waals surface area contributed by atoms with Crippen LogP contribution in [-0.2, 0) is 17.8 Å². The fraction of sp³-hybridized carbons (Fsp3) is 0.400. The predicted octanol–water partition coefficient (Wildman–Crippen LogP) is 5.20. The van der Waals surface area contributed by atoms with Gasteiger partial charge in [-0.15, -0.1) is 0 Å². The highest BCUT2D eigenvalue weighted by Crippen LogP contribution is 2.30. The van der Waals surface area contributed by atoms with E-state index in [1.165, 1.54) is 5.56 Å². The maximum absolute atomic E-state index is 13.0. The largest absolute Gasteiger partial charge is 0.376 e. The Kier molecular flexibility index (Phi) is 7.17. The molecule has 1 aliphatic rings. The lowest BCUT2D eigenvalue weighted by atomic mass is 10.0.